The van der Waals surface area contributed by atoms with Crippen LogP contribution < -0.4 is 10.1 Å². The molecule has 1 aliphatic rings. The molecule has 7 nitrogen and oxygen atoms in total. The van der Waals surface area contributed by atoms with Crippen molar-refractivity contribution in [1.82, 2.24) is 0 Å². The Morgan fingerprint density at radius 2 is 2.24 bits per heavy atom. The van der Waals surface area contributed by atoms with Crippen molar-refractivity contribution in [2.75, 3.05) is 19.0 Å². The highest BCUT2D eigenvalue weighted by atomic mass is 16.6. The fourth-order valence-corrected chi connectivity index (χ4v) is 2.64. The third-order valence-electron chi connectivity index (χ3n) is 3.99. The van der Waals surface area contributed by atoms with E-state index >= 15 is 0 Å². The molecule has 7 heteroatoms. The minimum atomic E-state index is -0.836. The van der Waals surface area contributed by atoms with Gasteiger partial charge in [0.05, 0.1) is 18.5 Å². The van der Waals surface area contributed by atoms with Crippen LogP contribution in [0.2, 0.25) is 0 Å². The molecule has 0 aliphatic heterocycles. The number of nitrogens with zero attached hydrogens (tertiary/aromatic N) is 1. The van der Waals surface area contributed by atoms with E-state index in [0.29, 0.717) is 18.0 Å². The summed E-state index contributed by atoms with van der Waals surface area (Å²) in [4.78, 5) is 21.5. The molecule has 0 atom stereocenters. The van der Waals surface area contributed by atoms with E-state index in [1.165, 1.54) is 19.2 Å². The molecule has 1 aliphatic carbocycles. The fourth-order valence-electron chi connectivity index (χ4n) is 2.64. The monoisotopic (exact) mass is 294 g/mol. The highest BCUT2D eigenvalue weighted by Crippen LogP contribution is 2.44. The molecule has 2 rings (SSSR count). The number of hydrogen-bond acceptors (Lipinski definition) is 5. The summed E-state index contributed by atoms with van der Waals surface area (Å²) in [5.74, 6) is -0.319. The normalized spacial score (nSPS) is 15.9. The number of nitro groups is 1. The zero-order valence-electron chi connectivity index (χ0n) is 11.8. The molecular weight excluding hydrogens is 276 g/mol. The molecule has 0 amide bonds. The van der Waals surface area contributed by atoms with Gasteiger partial charge in [0.25, 0.3) is 5.69 Å². The Morgan fingerprint density at radius 1 is 1.52 bits per heavy atom. The summed E-state index contributed by atoms with van der Waals surface area (Å²) in [7, 11) is 1.49. The molecule has 0 unspecified atom stereocenters. The molecular formula is C14H18N2O5. The maximum Gasteiger partial charge on any atom is 0.303 e. The molecule has 0 aromatic heterocycles. The summed E-state index contributed by atoms with van der Waals surface area (Å²) in [5, 5.41) is 23.1. The van der Waals surface area contributed by atoms with Crippen molar-refractivity contribution >= 4 is 17.3 Å². The van der Waals surface area contributed by atoms with Crippen molar-refractivity contribution in [3.05, 3.63) is 28.3 Å². The second-order valence-corrected chi connectivity index (χ2v) is 5.42. The number of nitro benzene ring substituents is 1. The van der Waals surface area contributed by atoms with Crippen molar-refractivity contribution in [2.45, 2.75) is 25.7 Å². The average Bonchev–Trinajstić information content (AvgIpc) is 2.40. The smallest absolute Gasteiger partial charge is 0.303 e. The van der Waals surface area contributed by atoms with E-state index < -0.39 is 10.9 Å². The molecule has 114 valence electrons. The van der Waals surface area contributed by atoms with Gasteiger partial charge in [-0.3, -0.25) is 14.9 Å². The maximum absolute atomic E-state index is 11.0. The van der Waals surface area contributed by atoms with E-state index in [2.05, 4.69) is 5.32 Å². The number of nitrogens with one attached hydrogen (secondary N) is 1. The summed E-state index contributed by atoms with van der Waals surface area (Å²) >= 11 is 0. The predicted octanol–water partition coefficient (Wildman–Crippen LogP) is 2.66. The number of carboxylic acids is 1. The van der Waals surface area contributed by atoms with Crippen molar-refractivity contribution < 1.29 is 19.6 Å². The molecule has 0 radical (unpaired) electrons. The Kier molecular flexibility index (Phi) is 4.30. The number of carboxylic acid groups (broad SMARTS) is 1. The first-order chi connectivity index (χ1) is 9.96. The lowest BCUT2D eigenvalue weighted by molar-refractivity contribution is -0.384. The molecule has 1 aromatic rings. The standard InChI is InChI=1S/C14H18N2O5/c1-21-10-3-4-12(16(19)20)11(7-10)15-9-14(5-2-6-14)8-13(17)18/h3-4,7,15H,2,5-6,8-9H2,1H3,(H,17,18). The molecule has 0 heterocycles. The average molecular weight is 294 g/mol. The molecule has 0 saturated heterocycles. The van der Waals surface area contributed by atoms with Crippen LogP contribution >= 0.6 is 0 Å². The number of methoxy groups -OCH3 is 1. The van der Waals surface area contributed by atoms with Gasteiger partial charge in [-0.25, -0.2) is 0 Å². The topological polar surface area (TPSA) is 102 Å². The van der Waals surface area contributed by atoms with Crippen LogP contribution in [0.5, 0.6) is 5.75 Å². The lowest BCUT2D eigenvalue weighted by Gasteiger charge is -2.41. The molecule has 2 N–H and O–H groups in total. The van der Waals surface area contributed by atoms with Gasteiger partial charge < -0.3 is 15.2 Å². The van der Waals surface area contributed by atoms with Gasteiger partial charge in [0.1, 0.15) is 11.4 Å². The van der Waals surface area contributed by atoms with Gasteiger partial charge >= 0.3 is 5.97 Å². The van der Waals surface area contributed by atoms with E-state index in [0.717, 1.165) is 19.3 Å². The number of rotatable bonds is 7. The Labute approximate surface area is 122 Å². The van der Waals surface area contributed by atoms with Crippen LogP contribution in [-0.4, -0.2) is 29.7 Å². The van der Waals surface area contributed by atoms with E-state index in [4.69, 9.17) is 9.84 Å². The lowest BCUT2D eigenvalue weighted by Crippen LogP contribution is -2.38. The van der Waals surface area contributed by atoms with Crippen molar-refractivity contribution in [3.8, 4) is 5.75 Å². The van der Waals surface area contributed by atoms with E-state index in [1.54, 1.807) is 6.07 Å². The summed E-state index contributed by atoms with van der Waals surface area (Å²) in [6.45, 7) is 0.410. The highest BCUT2D eigenvalue weighted by Gasteiger charge is 2.39. The van der Waals surface area contributed by atoms with Crippen LogP contribution in [0.1, 0.15) is 25.7 Å². The quantitative estimate of drug-likeness (QED) is 0.592. The number of hydrogen-bond donors (Lipinski definition) is 2. The minimum absolute atomic E-state index is 0.0411. The SMILES string of the molecule is COc1ccc([N+](=O)[O-])c(NCC2(CC(=O)O)CCC2)c1. The first-order valence-corrected chi connectivity index (χ1v) is 6.74. The van der Waals surface area contributed by atoms with Gasteiger partial charge in [-0.15, -0.1) is 0 Å². The highest BCUT2D eigenvalue weighted by molar-refractivity contribution is 5.68. The van der Waals surface area contributed by atoms with Crippen LogP contribution in [0.15, 0.2) is 18.2 Å². The first-order valence-electron chi connectivity index (χ1n) is 6.74. The molecule has 0 spiro atoms. The summed E-state index contributed by atoms with van der Waals surface area (Å²) in [5.41, 5.74) is 0.0135. The number of anilines is 1. The molecule has 1 fully saturated rings. The number of aliphatic carboxylic acids is 1. The molecule has 0 bridgehead atoms. The summed E-state index contributed by atoms with van der Waals surface area (Å²) in [6.07, 6.45) is 2.72. The zero-order chi connectivity index (χ0) is 15.5. The van der Waals surface area contributed by atoms with Gasteiger partial charge in [-0.05, 0) is 24.3 Å². The van der Waals surface area contributed by atoms with Gasteiger partial charge in [0.2, 0.25) is 0 Å². The maximum atomic E-state index is 11.0. The molecule has 21 heavy (non-hydrogen) atoms. The van der Waals surface area contributed by atoms with Crippen molar-refractivity contribution in [2.24, 2.45) is 5.41 Å². The van der Waals surface area contributed by atoms with Gasteiger partial charge in [0.15, 0.2) is 0 Å². The third-order valence-corrected chi connectivity index (χ3v) is 3.99. The van der Waals surface area contributed by atoms with E-state index in [1.807, 2.05) is 0 Å². The molecule has 1 aromatic carbocycles. The van der Waals surface area contributed by atoms with Crippen LogP contribution in [0.4, 0.5) is 11.4 Å². The van der Waals surface area contributed by atoms with Gasteiger partial charge in [-0.2, -0.15) is 0 Å². The Morgan fingerprint density at radius 3 is 2.71 bits per heavy atom. The largest absolute Gasteiger partial charge is 0.497 e. The van der Waals surface area contributed by atoms with E-state index in [9.17, 15) is 14.9 Å². The zero-order valence-corrected chi connectivity index (χ0v) is 11.8. The van der Waals surface area contributed by atoms with Gasteiger partial charge in [0, 0.05) is 18.7 Å². The third kappa shape index (κ3) is 3.42. The summed E-state index contributed by atoms with van der Waals surface area (Å²) < 4.78 is 5.07. The van der Waals surface area contributed by atoms with Crippen molar-refractivity contribution in [1.29, 1.82) is 0 Å². The second-order valence-electron chi connectivity index (χ2n) is 5.42. The fraction of sp³-hybridized carbons (Fsp3) is 0.500. The van der Waals surface area contributed by atoms with Crippen LogP contribution in [0, 0.1) is 15.5 Å². The lowest BCUT2D eigenvalue weighted by atomic mass is 9.66. The van der Waals surface area contributed by atoms with Crippen LogP contribution in [0.3, 0.4) is 0 Å². The second kappa shape index (κ2) is 5.99. The number of ether oxygens (including phenoxy) is 1. The Bertz CT molecular complexity index is 554. The predicted molar refractivity (Wildman–Crippen MR) is 76.7 cm³/mol. The van der Waals surface area contributed by atoms with Crippen LogP contribution in [0.25, 0.3) is 0 Å². The summed E-state index contributed by atoms with van der Waals surface area (Å²) in [6, 6.07) is 4.47. The minimum Gasteiger partial charge on any atom is -0.497 e. The number of benzene rings is 1. The first kappa shape index (κ1) is 15.1. The van der Waals surface area contributed by atoms with Crippen molar-refractivity contribution in [3.63, 3.8) is 0 Å². The number of carbonyl (C=O) groups is 1. The van der Waals surface area contributed by atoms with Crippen LogP contribution in [-0.2, 0) is 4.79 Å². The Hall–Kier alpha value is -2.31. The van der Waals surface area contributed by atoms with E-state index in [-0.39, 0.29) is 17.5 Å². The van der Waals surface area contributed by atoms with Gasteiger partial charge in [-0.1, -0.05) is 6.42 Å². The molecule has 1 saturated carbocycles. The Balaban J connectivity index is 2.14.